The molecule has 0 aliphatic heterocycles. The van der Waals surface area contributed by atoms with Gasteiger partial charge in [-0.3, -0.25) is 0 Å². The zero-order valence-corrected chi connectivity index (χ0v) is 7.20. The van der Waals surface area contributed by atoms with Crippen molar-refractivity contribution in [2.75, 3.05) is 0 Å². The fraction of sp³-hybridized carbons (Fsp3) is 0.444. The molecule has 0 fully saturated rings. The standard InChI is InChI=1S/C9H8N4/c1-6-2-8(13)7(3-10)9(6,4-11)5-12/h6H,2,13H2,1H3/t6-/m0/s1. The second-order valence-corrected chi connectivity index (χ2v) is 3.15. The maximum atomic E-state index is 8.89. The van der Waals surface area contributed by atoms with E-state index < -0.39 is 5.41 Å². The third-order valence-corrected chi connectivity index (χ3v) is 2.45. The summed E-state index contributed by atoms with van der Waals surface area (Å²) >= 11 is 0. The topological polar surface area (TPSA) is 97.4 Å². The van der Waals surface area contributed by atoms with E-state index in [9.17, 15) is 0 Å². The van der Waals surface area contributed by atoms with Gasteiger partial charge in [0.1, 0.15) is 0 Å². The smallest absolute Gasteiger partial charge is 0.182 e. The van der Waals surface area contributed by atoms with Crippen molar-refractivity contribution in [1.82, 2.24) is 0 Å². The lowest BCUT2D eigenvalue weighted by Gasteiger charge is -2.16. The number of allylic oxidation sites excluding steroid dienone is 2. The van der Waals surface area contributed by atoms with E-state index in [0.717, 1.165) is 0 Å². The zero-order valence-electron chi connectivity index (χ0n) is 7.20. The Morgan fingerprint density at radius 1 is 1.38 bits per heavy atom. The van der Waals surface area contributed by atoms with Gasteiger partial charge in [-0.05, 0) is 12.3 Å². The Kier molecular flexibility index (Phi) is 1.97. The maximum Gasteiger partial charge on any atom is 0.182 e. The Labute approximate surface area is 76.5 Å². The lowest BCUT2D eigenvalue weighted by atomic mass is 9.77. The van der Waals surface area contributed by atoms with Crippen LogP contribution in [0.4, 0.5) is 0 Å². The molecule has 0 heterocycles. The number of nitrogens with two attached hydrogens (primary N) is 1. The fourth-order valence-corrected chi connectivity index (χ4v) is 1.60. The molecule has 0 unspecified atom stereocenters. The molecule has 4 nitrogen and oxygen atoms in total. The summed E-state index contributed by atoms with van der Waals surface area (Å²) in [4.78, 5) is 0. The molecule has 0 aromatic carbocycles. The van der Waals surface area contributed by atoms with E-state index in [4.69, 9.17) is 21.5 Å². The van der Waals surface area contributed by atoms with Gasteiger partial charge in [0.15, 0.2) is 5.41 Å². The van der Waals surface area contributed by atoms with Crippen molar-refractivity contribution >= 4 is 0 Å². The number of hydrogen-bond acceptors (Lipinski definition) is 4. The van der Waals surface area contributed by atoms with Crippen LogP contribution in [0.5, 0.6) is 0 Å². The zero-order chi connectivity index (χ0) is 10.1. The number of nitriles is 3. The largest absolute Gasteiger partial charge is 0.401 e. The summed E-state index contributed by atoms with van der Waals surface area (Å²) in [6.07, 6.45) is 0.448. The van der Waals surface area contributed by atoms with Crippen LogP contribution >= 0.6 is 0 Å². The molecule has 0 bridgehead atoms. The van der Waals surface area contributed by atoms with E-state index in [2.05, 4.69) is 0 Å². The average Bonchev–Trinajstić information content (AvgIpc) is 2.36. The number of nitrogens with zero attached hydrogens (tertiary/aromatic N) is 3. The van der Waals surface area contributed by atoms with Gasteiger partial charge in [0.05, 0.1) is 23.8 Å². The van der Waals surface area contributed by atoms with Crippen LogP contribution < -0.4 is 5.73 Å². The molecule has 0 saturated heterocycles. The van der Waals surface area contributed by atoms with Gasteiger partial charge in [0, 0.05) is 5.70 Å². The first-order valence-corrected chi connectivity index (χ1v) is 3.84. The Bertz CT molecular complexity index is 371. The van der Waals surface area contributed by atoms with Crippen LogP contribution in [-0.4, -0.2) is 0 Å². The van der Waals surface area contributed by atoms with Crippen molar-refractivity contribution in [3.63, 3.8) is 0 Å². The molecule has 0 aromatic heterocycles. The second-order valence-electron chi connectivity index (χ2n) is 3.15. The van der Waals surface area contributed by atoms with Crippen LogP contribution in [-0.2, 0) is 0 Å². The van der Waals surface area contributed by atoms with Crippen molar-refractivity contribution in [2.24, 2.45) is 17.1 Å². The maximum absolute atomic E-state index is 8.89. The van der Waals surface area contributed by atoms with Crippen LogP contribution in [0.1, 0.15) is 13.3 Å². The first-order chi connectivity index (χ1) is 6.12. The van der Waals surface area contributed by atoms with E-state index in [-0.39, 0.29) is 11.5 Å². The molecule has 0 amide bonds. The minimum Gasteiger partial charge on any atom is -0.401 e. The lowest BCUT2D eigenvalue weighted by Crippen LogP contribution is -2.22. The molecule has 0 radical (unpaired) electrons. The summed E-state index contributed by atoms with van der Waals surface area (Å²) in [7, 11) is 0. The van der Waals surface area contributed by atoms with Crippen LogP contribution in [0.15, 0.2) is 11.3 Å². The van der Waals surface area contributed by atoms with E-state index in [1.807, 2.05) is 18.2 Å². The Morgan fingerprint density at radius 3 is 2.23 bits per heavy atom. The van der Waals surface area contributed by atoms with E-state index in [0.29, 0.717) is 12.1 Å². The Hall–Kier alpha value is -1.99. The van der Waals surface area contributed by atoms with Gasteiger partial charge in [0.25, 0.3) is 0 Å². The summed E-state index contributed by atoms with van der Waals surface area (Å²) in [5.41, 5.74) is 4.74. The van der Waals surface area contributed by atoms with E-state index in [1.165, 1.54) is 0 Å². The first-order valence-electron chi connectivity index (χ1n) is 3.84. The molecular formula is C9H8N4. The van der Waals surface area contributed by atoms with E-state index >= 15 is 0 Å². The summed E-state index contributed by atoms with van der Waals surface area (Å²) in [6.45, 7) is 1.75. The average molecular weight is 172 g/mol. The third-order valence-electron chi connectivity index (χ3n) is 2.45. The van der Waals surface area contributed by atoms with Crippen LogP contribution in [0.25, 0.3) is 0 Å². The monoisotopic (exact) mass is 172 g/mol. The Balaban J connectivity index is 3.35. The van der Waals surface area contributed by atoms with Crippen LogP contribution in [0, 0.1) is 45.3 Å². The summed E-state index contributed by atoms with van der Waals surface area (Å²) in [5, 5.41) is 26.5. The van der Waals surface area contributed by atoms with Crippen LogP contribution in [0.2, 0.25) is 0 Å². The normalized spacial score (nSPS) is 24.6. The minimum atomic E-state index is -1.32. The highest BCUT2D eigenvalue weighted by Crippen LogP contribution is 2.44. The van der Waals surface area contributed by atoms with Crippen LogP contribution in [0.3, 0.4) is 0 Å². The molecule has 0 aromatic rings. The van der Waals surface area contributed by atoms with Gasteiger partial charge in [-0.1, -0.05) is 6.92 Å². The predicted octanol–water partition coefficient (Wildman–Crippen LogP) is 0.796. The quantitative estimate of drug-likeness (QED) is 0.584. The lowest BCUT2D eigenvalue weighted by molar-refractivity contribution is 0.440. The summed E-state index contributed by atoms with van der Waals surface area (Å²) in [5.74, 6) is -0.197. The molecule has 4 heteroatoms. The van der Waals surface area contributed by atoms with Gasteiger partial charge < -0.3 is 5.73 Å². The molecule has 1 atom stereocenters. The molecule has 64 valence electrons. The molecule has 1 rings (SSSR count). The van der Waals surface area contributed by atoms with Gasteiger partial charge in [-0.2, -0.15) is 15.8 Å². The highest BCUT2D eigenvalue weighted by Gasteiger charge is 2.47. The second kappa shape index (κ2) is 2.81. The van der Waals surface area contributed by atoms with Crippen molar-refractivity contribution in [3.8, 4) is 18.2 Å². The van der Waals surface area contributed by atoms with Gasteiger partial charge in [0.2, 0.25) is 0 Å². The summed E-state index contributed by atoms with van der Waals surface area (Å²) < 4.78 is 0. The molecule has 13 heavy (non-hydrogen) atoms. The van der Waals surface area contributed by atoms with E-state index in [1.54, 1.807) is 6.92 Å². The molecule has 0 spiro atoms. The first kappa shape index (κ1) is 9.10. The number of rotatable bonds is 0. The Morgan fingerprint density at radius 2 is 1.92 bits per heavy atom. The molecule has 0 saturated carbocycles. The van der Waals surface area contributed by atoms with Crippen molar-refractivity contribution < 1.29 is 0 Å². The SMILES string of the molecule is C[C@H]1CC(N)=C(C#N)C1(C#N)C#N. The van der Waals surface area contributed by atoms with Crippen molar-refractivity contribution in [3.05, 3.63) is 11.3 Å². The fourth-order valence-electron chi connectivity index (χ4n) is 1.60. The highest BCUT2D eigenvalue weighted by molar-refractivity contribution is 5.49. The molecule has 2 N–H and O–H groups in total. The molecule has 1 aliphatic rings. The molecular weight excluding hydrogens is 164 g/mol. The van der Waals surface area contributed by atoms with Gasteiger partial charge >= 0.3 is 0 Å². The predicted molar refractivity (Wildman–Crippen MR) is 44.3 cm³/mol. The summed E-state index contributed by atoms with van der Waals surface area (Å²) in [6, 6.07) is 5.62. The van der Waals surface area contributed by atoms with Gasteiger partial charge in [-0.15, -0.1) is 0 Å². The number of hydrogen-bond donors (Lipinski definition) is 1. The van der Waals surface area contributed by atoms with Crippen molar-refractivity contribution in [2.45, 2.75) is 13.3 Å². The highest BCUT2D eigenvalue weighted by atomic mass is 14.7. The minimum absolute atomic E-state index is 0.130. The van der Waals surface area contributed by atoms with Crippen molar-refractivity contribution in [1.29, 1.82) is 15.8 Å². The molecule has 1 aliphatic carbocycles. The third kappa shape index (κ3) is 0.949. The van der Waals surface area contributed by atoms with Gasteiger partial charge in [-0.25, -0.2) is 0 Å².